The van der Waals surface area contributed by atoms with Crippen LogP contribution in [0, 0.1) is 12.8 Å². The van der Waals surface area contributed by atoms with Gasteiger partial charge < -0.3 is 15.5 Å². The van der Waals surface area contributed by atoms with Gasteiger partial charge >= 0.3 is 5.97 Å². The summed E-state index contributed by atoms with van der Waals surface area (Å²) in [6.45, 7) is 4.74. The lowest BCUT2D eigenvalue weighted by atomic mass is 10.0. The summed E-state index contributed by atoms with van der Waals surface area (Å²) in [5, 5.41) is 21.1. The highest BCUT2D eigenvalue weighted by atomic mass is 16.4. The third-order valence-electron chi connectivity index (χ3n) is 3.12. The molecule has 0 spiro atoms. The molecular weight excluding hydrogens is 244 g/mol. The molecule has 5 heteroatoms. The molecule has 0 radical (unpaired) electrons. The number of carboxylic acids is 1. The summed E-state index contributed by atoms with van der Waals surface area (Å²) in [4.78, 5) is 15.1. The fourth-order valence-electron chi connectivity index (χ4n) is 2.07. The van der Waals surface area contributed by atoms with Gasteiger partial charge in [-0.1, -0.05) is 13.3 Å². The molecule has 1 aromatic heterocycles. The number of carboxylic acid groups (broad SMARTS) is 1. The van der Waals surface area contributed by atoms with Gasteiger partial charge in [0.25, 0.3) is 0 Å². The second kappa shape index (κ2) is 7.74. The second-order valence-electron chi connectivity index (χ2n) is 4.68. The zero-order chi connectivity index (χ0) is 14.3. The molecule has 0 aliphatic rings. The smallest absolute Gasteiger partial charge is 0.337 e. The van der Waals surface area contributed by atoms with Gasteiger partial charge in [0, 0.05) is 13.2 Å². The third-order valence-corrected chi connectivity index (χ3v) is 3.12. The number of aryl methyl sites for hydroxylation is 1. The van der Waals surface area contributed by atoms with E-state index in [1.165, 1.54) is 0 Å². The predicted molar refractivity (Wildman–Crippen MR) is 74.5 cm³/mol. The van der Waals surface area contributed by atoms with Crippen molar-refractivity contribution in [1.82, 2.24) is 4.98 Å². The number of anilines is 1. The molecule has 1 atom stereocenters. The average Bonchev–Trinajstić information content (AvgIpc) is 2.36. The number of pyridine rings is 1. The number of nitrogens with zero attached hydrogens (tertiary/aromatic N) is 1. The summed E-state index contributed by atoms with van der Waals surface area (Å²) in [5.41, 5.74) is 0.734. The van der Waals surface area contributed by atoms with Gasteiger partial charge in [0.1, 0.15) is 5.82 Å². The molecule has 1 unspecified atom stereocenters. The normalized spacial score (nSPS) is 12.2. The number of aliphatic hydroxyl groups excluding tert-OH is 1. The number of rotatable bonds is 8. The number of nitrogens with one attached hydrogen (secondary N) is 1. The van der Waals surface area contributed by atoms with Crippen LogP contribution < -0.4 is 5.32 Å². The van der Waals surface area contributed by atoms with Crippen LogP contribution in [-0.4, -0.2) is 34.3 Å². The molecule has 0 saturated heterocycles. The fraction of sp³-hybridized carbons (Fsp3) is 0.571. The Labute approximate surface area is 113 Å². The number of hydrogen-bond donors (Lipinski definition) is 3. The zero-order valence-electron chi connectivity index (χ0n) is 11.5. The van der Waals surface area contributed by atoms with Crippen LogP contribution in [0.3, 0.4) is 0 Å². The van der Waals surface area contributed by atoms with Crippen molar-refractivity contribution in [1.29, 1.82) is 0 Å². The summed E-state index contributed by atoms with van der Waals surface area (Å²) >= 11 is 0. The Morgan fingerprint density at radius 1 is 1.42 bits per heavy atom. The Balaban J connectivity index is 2.62. The summed E-state index contributed by atoms with van der Waals surface area (Å²) in [6, 6.07) is 3.24. The molecule has 0 aliphatic carbocycles. The first kappa shape index (κ1) is 15.4. The van der Waals surface area contributed by atoms with E-state index in [0.29, 0.717) is 17.4 Å². The van der Waals surface area contributed by atoms with Gasteiger partial charge in [0.15, 0.2) is 0 Å². The van der Waals surface area contributed by atoms with E-state index < -0.39 is 5.97 Å². The molecular formula is C14H22N2O3. The molecule has 1 aromatic rings. The van der Waals surface area contributed by atoms with E-state index >= 15 is 0 Å². The Hall–Kier alpha value is -1.62. The minimum Gasteiger partial charge on any atom is -0.478 e. The molecule has 0 aliphatic heterocycles. The Morgan fingerprint density at radius 2 is 2.16 bits per heavy atom. The van der Waals surface area contributed by atoms with Crippen LogP contribution in [0.1, 0.15) is 42.2 Å². The van der Waals surface area contributed by atoms with Crippen molar-refractivity contribution in [3.8, 4) is 0 Å². The molecule has 0 aromatic carbocycles. The summed E-state index contributed by atoms with van der Waals surface area (Å²) in [7, 11) is 0. The molecule has 19 heavy (non-hydrogen) atoms. The first-order valence-electron chi connectivity index (χ1n) is 6.64. The van der Waals surface area contributed by atoms with E-state index in [4.69, 9.17) is 10.2 Å². The Kier molecular flexibility index (Phi) is 6.29. The molecule has 0 saturated carbocycles. The van der Waals surface area contributed by atoms with Gasteiger partial charge in [0.05, 0.1) is 11.3 Å². The number of aromatic nitrogens is 1. The van der Waals surface area contributed by atoms with Gasteiger partial charge in [-0.2, -0.15) is 0 Å². The van der Waals surface area contributed by atoms with E-state index in [2.05, 4.69) is 17.2 Å². The van der Waals surface area contributed by atoms with Crippen LogP contribution >= 0.6 is 0 Å². The Bertz CT molecular complexity index is 415. The highest BCUT2D eigenvalue weighted by molar-refractivity contribution is 5.89. The van der Waals surface area contributed by atoms with Crippen molar-refractivity contribution >= 4 is 11.8 Å². The zero-order valence-corrected chi connectivity index (χ0v) is 11.5. The first-order valence-corrected chi connectivity index (χ1v) is 6.64. The summed E-state index contributed by atoms with van der Waals surface area (Å²) in [5.74, 6) is 0.137. The van der Waals surface area contributed by atoms with Gasteiger partial charge in [-0.25, -0.2) is 9.78 Å². The monoisotopic (exact) mass is 266 g/mol. The van der Waals surface area contributed by atoms with Crippen LogP contribution in [0.2, 0.25) is 0 Å². The van der Waals surface area contributed by atoms with Crippen LogP contribution in [0.5, 0.6) is 0 Å². The van der Waals surface area contributed by atoms with Crippen molar-refractivity contribution in [2.75, 3.05) is 18.5 Å². The molecule has 1 rings (SSSR count). The maximum absolute atomic E-state index is 10.9. The lowest BCUT2D eigenvalue weighted by Crippen LogP contribution is -2.16. The highest BCUT2D eigenvalue weighted by Crippen LogP contribution is 2.14. The van der Waals surface area contributed by atoms with Gasteiger partial charge in [-0.05, 0) is 37.8 Å². The molecule has 1 heterocycles. The molecule has 0 bridgehead atoms. The van der Waals surface area contributed by atoms with Crippen LogP contribution in [0.15, 0.2) is 12.1 Å². The maximum atomic E-state index is 10.9. The van der Waals surface area contributed by atoms with Crippen LogP contribution in [0.25, 0.3) is 0 Å². The highest BCUT2D eigenvalue weighted by Gasteiger charge is 2.10. The Morgan fingerprint density at radius 3 is 2.68 bits per heavy atom. The van der Waals surface area contributed by atoms with E-state index in [0.717, 1.165) is 25.8 Å². The van der Waals surface area contributed by atoms with Crippen LogP contribution in [0.4, 0.5) is 5.82 Å². The molecule has 0 amide bonds. The SMILES string of the molecule is CCCC(CCO)CNc1ccc(C(=O)O)c(C)n1. The fourth-order valence-corrected chi connectivity index (χ4v) is 2.07. The average molecular weight is 266 g/mol. The number of hydrogen-bond acceptors (Lipinski definition) is 4. The minimum absolute atomic E-state index is 0.191. The number of aliphatic hydroxyl groups is 1. The largest absolute Gasteiger partial charge is 0.478 e. The van der Waals surface area contributed by atoms with Crippen molar-refractivity contribution in [3.63, 3.8) is 0 Å². The number of aromatic carboxylic acids is 1. The van der Waals surface area contributed by atoms with E-state index in [1.54, 1.807) is 19.1 Å². The van der Waals surface area contributed by atoms with E-state index in [9.17, 15) is 4.79 Å². The lowest BCUT2D eigenvalue weighted by Gasteiger charge is -2.16. The summed E-state index contributed by atoms with van der Waals surface area (Å²) < 4.78 is 0. The van der Waals surface area contributed by atoms with Crippen molar-refractivity contribution in [2.24, 2.45) is 5.92 Å². The predicted octanol–water partition coefficient (Wildman–Crippen LogP) is 2.30. The molecule has 3 N–H and O–H groups in total. The molecule has 0 fully saturated rings. The van der Waals surface area contributed by atoms with Gasteiger partial charge in [-0.3, -0.25) is 0 Å². The third kappa shape index (κ3) is 4.87. The molecule has 5 nitrogen and oxygen atoms in total. The van der Waals surface area contributed by atoms with Crippen molar-refractivity contribution < 1.29 is 15.0 Å². The summed E-state index contributed by atoms with van der Waals surface area (Å²) in [6.07, 6.45) is 2.91. The van der Waals surface area contributed by atoms with E-state index in [-0.39, 0.29) is 12.2 Å². The van der Waals surface area contributed by atoms with Crippen molar-refractivity contribution in [2.45, 2.75) is 33.1 Å². The number of carbonyl (C=O) groups is 1. The topological polar surface area (TPSA) is 82.5 Å². The van der Waals surface area contributed by atoms with Crippen molar-refractivity contribution in [3.05, 3.63) is 23.4 Å². The van der Waals surface area contributed by atoms with Crippen LogP contribution in [-0.2, 0) is 0 Å². The first-order chi connectivity index (χ1) is 9.08. The second-order valence-corrected chi connectivity index (χ2v) is 4.68. The lowest BCUT2D eigenvalue weighted by molar-refractivity contribution is 0.0695. The van der Waals surface area contributed by atoms with Gasteiger partial charge in [0.2, 0.25) is 0 Å². The quantitative estimate of drug-likeness (QED) is 0.672. The van der Waals surface area contributed by atoms with Gasteiger partial charge in [-0.15, -0.1) is 0 Å². The van der Waals surface area contributed by atoms with E-state index in [1.807, 2.05) is 0 Å². The minimum atomic E-state index is -0.958. The standard InChI is InChI=1S/C14H22N2O3/c1-3-4-11(7-8-17)9-15-13-6-5-12(14(18)19)10(2)16-13/h5-6,11,17H,3-4,7-9H2,1-2H3,(H,15,16)(H,18,19). The molecule has 106 valence electrons. The maximum Gasteiger partial charge on any atom is 0.337 e.